The van der Waals surface area contributed by atoms with Crippen LogP contribution >= 0.6 is 11.8 Å². The van der Waals surface area contributed by atoms with E-state index < -0.39 is 28.9 Å². The van der Waals surface area contributed by atoms with Crippen molar-refractivity contribution in [2.24, 2.45) is 5.10 Å². The summed E-state index contributed by atoms with van der Waals surface area (Å²) in [5.41, 5.74) is 0.540. The van der Waals surface area contributed by atoms with Crippen LogP contribution in [0, 0.1) is 0 Å². The number of hydrazone groups is 1. The molecule has 1 aliphatic rings. The van der Waals surface area contributed by atoms with E-state index in [4.69, 9.17) is 0 Å². The first-order chi connectivity index (χ1) is 11.3. The Morgan fingerprint density at radius 3 is 2.46 bits per heavy atom. The van der Waals surface area contributed by atoms with Crippen molar-refractivity contribution in [2.45, 2.75) is 24.2 Å². The standard InChI is InChI=1S/C14H16F3N3O2S2/c1-3-23-13-18-20(12(8-21)19(13)2)10-4-6-11(7-5-10)24(22)9-14(15,16)17/h4-8,12H,3,9H2,1-2H3. The number of rotatable bonds is 5. The molecule has 0 saturated heterocycles. The normalized spacial score (nSPS) is 19.4. The molecule has 1 aromatic rings. The van der Waals surface area contributed by atoms with Crippen LogP contribution in [-0.4, -0.2) is 51.5 Å². The van der Waals surface area contributed by atoms with E-state index >= 15 is 0 Å². The molecule has 0 bridgehead atoms. The van der Waals surface area contributed by atoms with E-state index in [1.54, 1.807) is 11.9 Å². The Balaban J connectivity index is 2.20. The van der Waals surface area contributed by atoms with Crippen molar-refractivity contribution >= 4 is 39.7 Å². The predicted molar refractivity (Wildman–Crippen MR) is 89.4 cm³/mol. The maximum absolute atomic E-state index is 12.3. The van der Waals surface area contributed by atoms with Crippen molar-refractivity contribution in [3.63, 3.8) is 0 Å². The molecule has 1 aromatic carbocycles. The zero-order chi connectivity index (χ0) is 17.9. The van der Waals surface area contributed by atoms with Crippen LogP contribution in [0.25, 0.3) is 0 Å². The molecule has 1 aliphatic heterocycles. The molecule has 0 fully saturated rings. The van der Waals surface area contributed by atoms with Crippen LogP contribution in [0.5, 0.6) is 0 Å². The van der Waals surface area contributed by atoms with E-state index in [0.29, 0.717) is 10.9 Å². The van der Waals surface area contributed by atoms with Gasteiger partial charge in [-0.1, -0.05) is 18.7 Å². The lowest BCUT2D eigenvalue weighted by Gasteiger charge is -2.24. The van der Waals surface area contributed by atoms with Gasteiger partial charge in [0.05, 0.1) is 16.5 Å². The maximum atomic E-state index is 12.3. The van der Waals surface area contributed by atoms with E-state index in [1.165, 1.54) is 41.0 Å². The molecule has 0 N–H and O–H groups in total. The first-order valence-corrected chi connectivity index (χ1v) is 9.31. The average Bonchev–Trinajstić information content (AvgIpc) is 2.82. The van der Waals surface area contributed by atoms with Crippen molar-refractivity contribution < 1.29 is 22.2 Å². The topological polar surface area (TPSA) is 53.0 Å². The molecule has 0 amide bonds. The van der Waals surface area contributed by atoms with Gasteiger partial charge < -0.3 is 4.90 Å². The van der Waals surface area contributed by atoms with Crippen molar-refractivity contribution in [3.05, 3.63) is 24.3 Å². The number of amidine groups is 1. The van der Waals surface area contributed by atoms with Crippen LogP contribution in [-0.2, 0) is 15.6 Å². The zero-order valence-electron chi connectivity index (χ0n) is 13.0. The quantitative estimate of drug-likeness (QED) is 0.737. The first-order valence-electron chi connectivity index (χ1n) is 7.00. The van der Waals surface area contributed by atoms with Gasteiger partial charge in [0.25, 0.3) is 0 Å². The third-order valence-corrected chi connectivity index (χ3v) is 5.50. The van der Waals surface area contributed by atoms with Gasteiger partial charge in [-0.3, -0.25) is 9.00 Å². The van der Waals surface area contributed by atoms with Crippen LogP contribution in [0.4, 0.5) is 18.9 Å². The van der Waals surface area contributed by atoms with E-state index in [0.717, 1.165) is 12.0 Å². The average molecular weight is 379 g/mol. The minimum absolute atomic E-state index is 0.0819. The highest BCUT2D eigenvalue weighted by Gasteiger charge is 2.33. The van der Waals surface area contributed by atoms with E-state index in [1.807, 2.05) is 6.92 Å². The molecular weight excluding hydrogens is 363 g/mol. The number of likely N-dealkylation sites (N-methyl/N-ethyl adjacent to an activating group) is 1. The molecule has 2 rings (SSSR count). The van der Waals surface area contributed by atoms with E-state index in [-0.39, 0.29) is 4.90 Å². The van der Waals surface area contributed by atoms with Crippen molar-refractivity contribution in [1.82, 2.24) is 4.90 Å². The Labute approximate surface area is 144 Å². The van der Waals surface area contributed by atoms with Crippen LogP contribution in [0.2, 0.25) is 0 Å². The highest BCUT2D eigenvalue weighted by molar-refractivity contribution is 8.13. The van der Waals surface area contributed by atoms with Crippen LogP contribution in [0.3, 0.4) is 0 Å². The van der Waals surface area contributed by atoms with Crippen molar-refractivity contribution in [3.8, 4) is 0 Å². The van der Waals surface area contributed by atoms with Gasteiger partial charge >= 0.3 is 6.18 Å². The number of carbonyl (C=O) groups is 1. The lowest BCUT2D eigenvalue weighted by molar-refractivity contribution is -0.110. The number of aldehydes is 1. The molecule has 2 atom stereocenters. The number of benzene rings is 1. The Kier molecular flexibility index (Phi) is 5.92. The molecule has 0 radical (unpaired) electrons. The number of carbonyl (C=O) groups excluding carboxylic acids is 1. The molecule has 1 heterocycles. The van der Waals surface area contributed by atoms with Gasteiger partial charge in [0, 0.05) is 11.9 Å². The summed E-state index contributed by atoms with van der Waals surface area (Å²) in [5, 5.41) is 6.53. The molecular formula is C14H16F3N3O2S2. The monoisotopic (exact) mass is 379 g/mol. The summed E-state index contributed by atoms with van der Waals surface area (Å²) in [6, 6.07) is 5.74. The number of nitrogens with zero attached hydrogens (tertiary/aromatic N) is 3. The van der Waals surface area contributed by atoms with Crippen LogP contribution < -0.4 is 5.01 Å². The fourth-order valence-corrected chi connectivity index (χ4v) is 3.72. The lowest BCUT2D eigenvalue weighted by Crippen LogP contribution is -2.40. The third kappa shape index (κ3) is 4.29. The van der Waals surface area contributed by atoms with E-state index in [2.05, 4.69) is 5.10 Å². The first kappa shape index (κ1) is 18.8. The second-order valence-electron chi connectivity index (χ2n) is 4.92. The summed E-state index contributed by atoms with van der Waals surface area (Å²) < 4.78 is 48.6. The Bertz CT molecular complexity index is 650. The third-order valence-electron chi connectivity index (χ3n) is 3.20. The second-order valence-corrected chi connectivity index (χ2v) is 7.60. The molecule has 0 saturated carbocycles. The molecule has 2 unspecified atom stereocenters. The van der Waals surface area contributed by atoms with Gasteiger partial charge in [-0.2, -0.15) is 13.2 Å². The molecule has 132 valence electrons. The molecule has 24 heavy (non-hydrogen) atoms. The van der Waals surface area contributed by atoms with Gasteiger partial charge in [-0.25, -0.2) is 5.01 Å². The van der Waals surface area contributed by atoms with E-state index in [9.17, 15) is 22.2 Å². The molecule has 0 spiro atoms. The Hall–Kier alpha value is -1.55. The number of thioether (sulfide) groups is 1. The van der Waals surface area contributed by atoms with Crippen molar-refractivity contribution in [2.75, 3.05) is 23.6 Å². The highest BCUT2D eigenvalue weighted by atomic mass is 32.2. The Morgan fingerprint density at radius 1 is 1.33 bits per heavy atom. The summed E-state index contributed by atoms with van der Waals surface area (Å²) in [4.78, 5) is 13.1. The van der Waals surface area contributed by atoms with Crippen LogP contribution in [0.1, 0.15) is 6.92 Å². The van der Waals surface area contributed by atoms with Gasteiger partial charge in [0.15, 0.2) is 17.6 Å². The highest BCUT2D eigenvalue weighted by Crippen LogP contribution is 2.28. The number of hydrogen-bond donors (Lipinski definition) is 0. The molecule has 0 aliphatic carbocycles. The smallest absolute Gasteiger partial charge is 0.325 e. The number of alkyl halides is 3. The summed E-state index contributed by atoms with van der Waals surface area (Å²) >= 11 is 1.48. The summed E-state index contributed by atoms with van der Waals surface area (Å²) in [5.74, 6) is -0.594. The minimum Gasteiger partial charge on any atom is -0.325 e. The lowest BCUT2D eigenvalue weighted by atomic mass is 10.3. The van der Waals surface area contributed by atoms with Gasteiger partial charge in [0.2, 0.25) is 0 Å². The largest absolute Gasteiger partial charge is 0.400 e. The second kappa shape index (κ2) is 7.56. The summed E-state index contributed by atoms with van der Waals surface area (Å²) in [6.07, 6.45) is -4.37. The van der Waals surface area contributed by atoms with Crippen LogP contribution in [0.15, 0.2) is 34.3 Å². The van der Waals surface area contributed by atoms with Gasteiger partial charge in [-0.15, -0.1) is 5.10 Å². The fourth-order valence-electron chi connectivity index (χ4n) is 2.10. The number of halogens is 3. The summed E-state index contributed by atoms with van der Waals surface area (Å²) in [6.45, 7) is 1.96. The number of hydrogen-bond acceptors (Lipinski definition) is 6. The SMILES string of the molecule is CCSC1=NN(c2ccc(S(=O)CC(F)(F)F)cc2)C(C=O)N1C. The minimum atomic E-state index is -4.49. The van der Waals surface area contributed by atoms with Gasteiger partial charge in [-0.05, 0) is 30.0 Å². The molecule has 5 nitrogen and oxygen atoms in total. The van der Waals surface area contributed by atoms with Gasteiger partial charge in [0.1, 0.15) is 5.75 Å². The molecule has 10 heteroatoms. The van der Waals surface area contributed by atoms with Crippen molar-refractivity contribution in [1.29, 1.82) is 0 Å². The number of anilines is 1. The molecule has 0 aromatic heterocycles. The maximum Gasteiger partial charge on any atom is 0.400 e. The zero-order valence-corrected chi connectivity index (χ0v) is 14.6. The Morgan fingerprint density at radius 2 is 1.96 bits per heavy atom. The fraction of sp³-hybridized carbons (Fsp3) is 0.429. The predicted octanol–water partition coefficient (Wildman–Crippen LogP) is 2.66. The summed E-state index contributed by atoms with van der Waals surface area (Å²) in [7, 11) is -0.410.